The molecule has 3 heteroatoms. The van der Waals surface area contributed by atoms with E-state index in [-0.39, 0.29) is 10.5 Å². The van der Waals surface area contributed by atoms with Crippen LogP contribution in [0.3, 0.4) is 0 Å². The number of hydrogen-bond acceptors (Lipinski definition) is 2. The van der Waals surface area contributed by atoms with Crippen LogP contribution in [0, 0.1) is 5.41 Å². The van der Waals surface area contributed by atoms with Crippen molar-refractivity contribution in [2.45, 2.75) is 102 Å². The molecule has 0 heterocycles. The fraction of sp³-hybridized carbons (Fsp3) is 0.810. The molecule has 3 rings (SSSR count). The molecule has 3 aliphatic carbocycles. The van der Waals surface area contributed by atoms with Gasteiger partial charge in [0.25, 0.3) is 0 Å². The van der Waals surface area contributed by atoms with Crippen LogP contribution >= 0.6 is 0 Å². The first kappa shape index (κ1) is 18.4. The van der Waals surface area contributed by atoms with Gasteiger partial charge in [0.05, 0.1) is 11.7 Å². The first-order valence-electron chi connectivity index (χ1n) is 9.78. The summed E-state index contributed by atoms with van der Waals surface area (Å²) in [7, 11) is -1.76. The Kier molecular flexibility index (Phi) is 4.46. The van der Waals surface area contributed by atoms with Crippen LogP contribution in [0.5, 0.6) is 0 Å². The molecular formula is C21H36O2Si. The highest BCUT2D eigenvalue weighted by Gasteiger charge is 2.53. The van der Waals surface area contributed by atoms with E-state index in [1.807, 2.05) is 0 Å². The minimum Gasteiger partial charge on any atom is -0.413 e. The molecule has 3 aliphatic rings. The molecule has 1 fully saturated rings. The quantitative estimate of drug-likeness (QED) is 0.509. The van der Waals surface area contributed by atoms with E-state index in [9.17, 15) is 5.11 Å². The maximum absolute atomic E-state index is 11.3. The van der Waals surface area contributed by atoms with Crippen molar-refractivity contribution in [3.63, 3.8) is 0 Å². The molecule has 0 unspecified atom stereocenters. The Morgan fingerprint density at radius 1 is 1.12 bits per heavy atom. The molecule has 0 spiro atoms. The van der Waals surface area contributed by atoms with E-state index < -0.39 is 13.9 Å². The Labute approximate surface area is 149 Å². The predicted octanol–water partition coefficient (Wildman–Crippen LogP) is 5.74. The summed E-state index contributed by atoms with van der Waals surface area (Å²) in [5.41, 5.74) is 2.46. The van der Waals surface area contributed by atoms with Crippen LogP contribution < -0.4 is 0 Å². The summed E-state index contributed by atoms with van der Waals surface area (Å²) in [6.07, 6.45) is 11.9. The van der Waals surface area contributed by atoms with Gasteiger partial charge in [-0.25, -0.2) is 0 Å². The van der Waals surface area contributed by atoms with Crippen molar-refractivity contribution in [3.05, 3.63) is 23.3 Å². The minimum atomic E-state index is -1.76. The van der Waals surface area contributed by atoms with E-state index in [2.05, 4.69) is 52.9 Å². The first-order valence-corrected chi connectivity index (χ1v) is 12.7. The molecule has 0 aromatic heterocycles. The van der Waals surface area contributed by atoms with Gasteiger partial charge in [-0.3, -0.25) is 0 Å². The van der Waals surface area contributed by atoms with Crippen LogP contribution in [-0.2, 0) is 4.43 Å². The van der Waals surface area contributed by atoms with E-state index in [0.29, 0.717) is 6.10 Å². The lowest BCUT2D eigenvalue weighted by Crippen LogP contribution is -2.49. The van der Waals surface area contributed by atoms with Crippen molar-refractivity contribution in [1.82, 2.24) is 0 Å². The Hall–Kier alpha value is -0.383. The lowest BCUT2D eigenvalue weighted by Gasteiger charge is -2.48. The summed E-state index contributed by atoms with van der Waals surface area (Å²) < 4.78 is 6.88. The summed E-state index contributed by atoms with van der Waals surface area (Å²) in [5.74, 6) is 0. The topological polar surface area (TPSA) is 29.5 Å². The summed E-state index contributed by atoms with van der Waals surface area (Å²) in [6, 6.07) is 0. The van der Waals surface area contributed by atoms with Gasteiger partial charge in [-0.2, -0.15) is 0 Å². The van der Waals surface area contributed by atoms with Crippen molar-refractivity contribution in [2.24, 2.45) is 5.41 Å². The zero-order chi connectivity index (χ0) is 17.8. The maximum Gasteiger partial charge on any atom is 0.192 e. The third-order valence-corrected chi connectivity index (χ3v) is 12.0. The van der Waals surface area contributed by atoms with Gasteiger partial charge in [0.2, 0.25) is 0 Å². The maximum atomic E-state index is 11.3. The SMILES string of the molecule is CC(C)(C)[Si](C)(C)O[C@H]1CCC2=C3CC=CCC[C@]3(O)CC[C@@]21C. The molecule has 0 saturated heterocycles. The van der Waals surface area contributed by atoms with E-state index in [0.717, 1.165) is 44.9 Å². The highest BCUT2D eigenvalue weighted by molar-refractivity contribution is 6.74. The van der Waals surface area contributed by atoms with Crippen molar-refractivity contribution in [1.29, 1.82) is 0 Å². The van der Waals surface area contributed by atoms with Gasteiger partial charge in [0, 0.05) is 5.41 Å². The summed E-state index contributed by atoms with van der Waals surface area (Å²) in [6.45, 7) is 14.1. The van der Waals surface area contributed by atoms with Crippen molar-refractivity contribution in [2.75, 3.05) is 0 Å². The molecular weight excluding hydrogens is 312 g/mol. The van der Waals surface area contributed by atoms with Gasteiger partial charge in [-0.15, -0.1) is 0 Å². The lowest BCUT2D eigenvalue weighted by atomic mass is 9.65. The average molecular weight is 349 g/mol. The highest BCUT2D eigenvalue weighted by atomic mass is 28.4. The fourth-order valence-electron chi connectivity index (χ4n) is 4.73. The van der Waals surface area contributed by atoms with Crippen molar-refractivity contribution in [3.8, 4) is 0 Å². The number of hydrogen-bond donors (Lipinski definition) is 1. The molecule has 136 valence electrons. The molecule has 0 radical (unpaired) electrons. The van der Waals surface area contributed by atoms with Gasteiger partial charge in [0.1, 0.15) is 0 Å². The average Bonchev–Trinajstić information content (AvgIpc) is 2.65. The molecule has 3 atom stereocenters. The van der Waals surface area contributed by atoms with Crippen LogP contribution in [0.1, 0.15) is 72.6 Å². The first-order chi connectivity index (χ1) is 11.0. The summed E-state index contributed by atoms with van der Waals surface area (Å²) in [5, 5.41) is 11.5. The molecule has 1 saturated carbocycles. The Morgan fingerprint density at radius 2 is 1.83 bits per heavy atom. The minimum absolute atomic E-state index is 0.134. The second kappa shape index (κ2) is 5.82. The van der Waals surface area contributed by atoms with Gasteiger partial charge in [-0.05, 0) is 68.7 Å². The molecule has 1 N–H and O–H groups in total. The largest absolute Gasteiger partial charge is 0.413 e. The van der Waals surface area contributed by atoms with E-state index in [1.54, 1.807) is 0 Å². The predicted molar refractivity (Wildman–Crippen MR) is 104 cm³/mol. The third kappa shape index (κ3) is 2.87. The van der Waals surface area contributed by atoms with Gasteiger partial charge >= 0.3 is 0 Å². The smallest absolute Gasteiger partial charge is 0.192 e. The Balaban J connectivity index is 1.93. The number of rotatable bonds is 2. The zero-order valence-corrected chi connectivity index (χ0v) is 17.5. The second-order valence-corrected chi connectivity index (χ2v) is 14.8. The number of fused-ring (bicyclic) bond motifs is 2. The monoisotopic (exact) mass is 348 g/mol. The number of aliphatic hydroxyl groups is 1. The van der Waals surface area contributed by atoms with Gasteiger partial charge in [-0.1, -0.05) is 45.4 Å². The van der Waals surface area contributed by atoms with Crippen LogP contribution in [-0.4, -0.2) is 25.1 Å². The van der Waals surface area contributed by atoms with Gasteiger partial charge < -0.3 is 9.53 Å². The second-order valence-electron chi connectivity index (χ2n) is 10.0. The normalized spacial score (nSPS) is 37.2. The molecule has 2 nitrogen and oxygen atoms in total. The van der Waals surface area contributed by atoms with Crippen molar-refractivity contribution < 1.29 is 9.53 Å². The van der Waals surface area contributed by atoms with Crippen LogP contribution in [0.4, 0.5) is 0 Å². The molecule has 0 aromatic rings. The van der Waals surface area contributed by atoms with E-state index >= 15 is 0 Å². The van der Waals surface area contributed by atoms with Gasteiger partial charge in [0.15, 0.2) is 8.32 Å². The van der Waals surface area contributed by atoms with Crippen LogP contribution in [0.2, 0.25) is 18.1 Å². The summed E-state index contributed by atoms with van der Waals surface area (Å²) >= 11 is 0. The number of allylic oxidation sites excluding steroid dienone is 2. The summed E-state index contributed by atoms with van der Waals surface area (Å²) in [4.78, 5) is 0. The molecule has 24 heavy (non-hydrogen) atoms. The van der Waals surface area contributed by atoms with Crippen LogP contribution in [0.25, 0.3) is 0 Å². The Morgan fingerprint density at radius 3 is 2.50 bits per heavy atom. The Bertz CT molecular complexity index is 569. The van der Waals surface area contributed by atoms with Crippen LogP contribution in [0.15, 0.2) is 23.3 Å². The fourth-order valence-corrected chi connectivity index (χ4v) is 6.17. The third-order valence-electron chi connectivity index (χ3n) is 7.50. The highest BCUT2D eigenvalue weighted by Crippen LogP contribution is 2.58. The zero-order valence-electron chi connectivity index (χ0n) is 16.5. The standard InChI is InChI=1S/C21H36O2Si/c1-19(2,3)24(5,6)23-18-12-11-16-17-10-8-7-9-13-21(17,22)15-14-20(16,18)4/h7-8,18,22H,9-15H2,1-6H3/t18-,20-,21-/m0/s1. The molecule has 0 aromatic carbocycles. The molecule has 0 bridgehead atoms. The molecule has 0 amide bonds. The lowest BCUT2D eigenvalue weighted by molar-refractivity contribution is 0.0104. The van der Waals surface area contributed by atoms with E-state index in [1.165, 1.54) is 11.1 Å². The van der Waals surface area contributed by atoms with Crippen molar-refractivity contribution >= 4 is 8.32 Å². The van der Waals surface area contributed by atoms with E-state index in [4.69, 9.17) is 4.43 Å². The molecule has 0 aliphatic heterocycles.